The van der Waals surface area contributed by atoms with E-state index < -0.39 is 6.10 Å². The van der Waals surface area contributed by atoms with Crippen LogP contribution in [0.4, 0.5) is 0 Å². The minimum Gasteiger partial charge on any atom is -0.462 e. The minimum atomic E-state index is -0.800. The molecule has 0 aromatic rings. The van der Waals surface area contributed by atoms with Crippen molar-refractivity contribution in [3.8, 4) is 0 Å². The molecule has 0 aliphatic rings. The van der Waals surface area contributed by atoms with Crippen molar-refractivity contribution < 1.29 is 28.6 Å². The highest BCUT2D eigenvalue weighted by atomic mass is 16.6. The van der Waals surface area contributed by atoms with Crippen LogP contribution in [0.5, 0.6) is 0 Å². The summed E-state index contributed by atoms with van der Waals surface area (Å²) >= 11 is 0. The number of rotatable bonds is 59. The first-order valence-electron chi connectivity index (χ1n) is 33.0. The van der Waals surface area contributed by atoms with Crippen molar-refractivity contribution in [3.05, 3.63) is 122 Å². The van der Waals surface area contributed by atoms with Crippen molar-refractivity contribution in [2.24, 2.45) is 0 Å². The first-order valence-corrected chi connectivity index (χ1v) is 33.0. The zero-order valence-electron chi connectivity index (χ0n) is 51.6. The van der Waals surface area contributed by atoms with Crippen LogP contribution in [-0.2, 0) is 28.6 Å². The van der Waals surface area contributed by atoms with Crippen LogP contribution < -0.4 is 0 Å². The summed E-state index contributed by atoms with van der Waals surface area (Å²) in [5, 5.41) is 0. The van der Waals surface area contributed by atoms with Crippen molar-refractivity contribution in [2.75, 3.05) is 13.2 Å². The minimum absolute atomic E-state index is 0.0949. The first-order chi connectivity index (χ1) is 39.0. The van der Waals surface area contributed by atoms with Gasteiger partial charge < -0.3 is 14.2 Å². The van der Waals surface area contributed by atoms with Crippen molar-refractivity contribution in [3.63, 3.8) is 0 Å². The van der Waals surface area contributed by atoms with Gasteiger partial charge in [-0.2, -0.15) is 0 Å². The normalized spacial score (nSPS) is 12.9. The molecule has 0 aliphatic carbocycles. The quantitative estimate of drug-likeness (QED) is 0.0261. The summed E-state index contributed by atoms with van der Waals surface area (Å²) in [6.45, 7) is 6.46. The molecule has 1 atom stereocenters. The van der Waals surface area contributed by atoms with Crippen LogP contribution in [0.3, 0.4) is 0 Å². The fourth-order valence-corrected chi connectivity index (χ4v) is 8.96. The smallest absolute Gasteiger partial charge is 0.306 e. The Morgan fingerprint density at radius 1 is 0.266 bits per heavy atom. The van der Waals surface area contributed by atoms with Gasteiger partial charge in [0.15, 0.2) is 6.10 Å². The molecule has 0 aromatic heterocycles. The van der Waals surface area contributed by atoms with Gasteiger partial charge in [0.1, 0.15) is 13.2 Å². The van der Waals surface area contributed by atoms with Crippen LogP contribution in [-0.4, -0.2) is 37.2 Å². The molecular weight excluding hydrogens is 973 g/mol. The maximum atomic E-state index is 12.9. The molecule has 79 heavy (non-hydrogen) atoms. The van der Waals surface area contributed by atoms with Crippen LogP contribution in [0.1, 0.15) is 303 Å². The zero-order valence-corrected chi connectivity index (χ0v) is 51.6. The Labute approximate surface area is 488 Å². The summed E-state index contributed by atoms with van der Waals surface area (Å²) < 4.78 is 16.9. The summed E-state index contributed by atoms with van der Waals surface area (Å²) in [4.78, 5) is 38.3. The molecule has 0 amide bonds. The van der Waals surface area contributed by atoms with E-state index in [1.165, 1.54) is 135 Å². The van der Waals surface area contributed by atoms with Crippen LogP contribution >= 0.6 is 0 Å². The molecular formula is C73H122O6. The lowest BCUT2D eigenvalue weighted by Gasteiger charge is -2.18. The van der Waals surface area contributed by atoms with E-state index in [0.29, 0.717) is 19.3 Å². The number of allylic oxidation sites excluding steroid dienone is 20. The molecule has 0 N–H and O–H groups in total. The third-order valence-electron chi connectivity index (χ3n) is 13.9. The molecule has 0 saturated carbocycles. The highest BCUT2D eigenvalue weighted by Crippen LogP contribution is 2.16. The Balaban J connectivity index is 4.35. The van der Waals surface area contributed by atoms with Gasteiger partial charge in [0.25, 0.3) is 0 Å². The van der Waals surface area contributed by atoms with Gasteiger partial charge in [-0.05, 0) is 128 Å². The molecule has 0 rings (SSSR count). The fourth-order valence-electron chi connectivity index (χ4n) is 8.96. The molecule has 0 bridgehead atoms. The summed E-state index contributed by atoms with van der Waals surface area (Å²) in [6, 6.07) is 0. The second kappa shape index (κ2) is 66.3. The number of hydrogen-bond donors (Lipinski definition) is 0. The maximum absolute atomic E-state index is 12.9. The van der Waals surface area contributed by atoms with Crippen molar-refractivity contribution in [2.45, 2.75) is 309 Å². The van der Waals surface area contributed by atoms with Gasteiger partial charge >= 0.3 is 17.9 Å². The van der Waals surface area contributed by atoms with E-state index in [1.54, 1.807) is 0 Å². The Morgan fingerprint density at radius 2 is 0.506 bits per heavy atom. The van der Waals surface area contributed by atoms with E-state index >= 15 is 0 Å². The predicted molar refractivity (Wildman–Crippen MR) is 343 cm³/mol. The monoisotopic (exact) mass is 1090 g/mol. The molecule has 6 heteroatoms. The molecule has 0 saturated heterocycles. The summed E-state index contributed by atoms with van der Waals surface area (Å²) in [6.07, 6.45) is 92.1. The maximum Gasteiger partial charge on any atom is 0.306 e. The van der Waals surface area contributed by atoms with Crippen molar-refractivity contribution in [1.29, 1.82) is 0 Å². The molecule has 450 valence electrons. The van der Waals surface area contributed by atoms with E-state index in [4.69, 9.17) is 14.2 Å². The topological polar surface area (TPSA) is 78.9 Å². The van der Waals surface area contributed by atoms with Gasteiger partial charge in [-0.3, -0.25) is 14.4 Å². The largest absolute Gasteiger partial charge is 0.462 e. The molecule has 0 spiro atoms. The molecule has 6 nitrogen and oxygen atoms in total. The number of ether oxygens (including phenoxy) is 3. The number of hydrogen-bond acceptors (Lipinski definition) is 6. The van der Waals surface area contributed by atoms with Gasteiger partial charge in [-0.1, -0.05) is 277 Å². The van der Waals surface area contributed by atoms with Gasteiger partial charge in [-0.15, -0.1) is 0 Å². The first kappa shape index (κ1) is 74.8. The fraction of sp³-hybridized carbons (Fsp3) is 0.685. The summed E-state index contributed by atoms with van der Waals surface area (Å²) in [5.74, 6) is -0.934. The van der Waals surface area contributed by atoms with Crippen molar-refractivity contribution in [1.82, 2.24) is 0 Å². The zero-order chi connectivity index (χ0) is 57.1. The number of carbonyl (C=O) groups excluding carboxylic acids is 3. The Hall–Kier alpha value is -4.19. The van der Waals surface area contributed by atoms with Gasteiger partial charge in [0, 0.05) is 19.3 Å². The third-order valence-corrected chi connectivity index (χ3v) is 13.9. The Kier molecular flexibility index (Phi) is 62.8. The Morgan fingerprint density at radius 3 is 0.835 bits per heavy atom. The van der Waals surface area contributed by atoms with Crippen molar-refractivity contribution >= 4 is 17.9 Å². The van der Waals surface area contributed by atoms with Crippen LogP contribution in [0.25, 0.3) is 0 Å². The van der Waals surface area contributed by atoms with E-state index in [9.17, 15) is 14.4 Å². The summed E-state index contributed by atoms with van der Waals surface area (Å²) in [7, 11) is 0. The van der Waals surface area contributed by atoms with Crippen LogP contribution in [0.15, 0.2) is 122 Å². The van der Waals surface area contributed by atoms with Gasteiger partial charge in [0.05, 0.1) is 0 Å². The van der Waals surface area contributed by atoms with Gasteiger partial charge in [-0.25, -0.2) is 0 Å². The van der Waals surface area contributed by atoms with E-state index in [2.05, 4.69) is 142 Å². The molecule has 1 unspecified atom stereocenters. The predicted octanol–water partition coefficient (Wildman–Crippen LogP) is 22.8. The standard InChI is InChI=1S/C73H122O6/c1-4-7-10-13-16-19-22-24-26-28-30-32-34-36-38-40-42-44-46-48-51-54-57-60-63-66-72(75)78-69-70(68-77-71(74)65-62-59-56-53-50-21-18-15-12-9-6-3)79-73(76)67-64-61-58-55-52-49-47-45-43-41-39-37-35-33-31-29-27-25-23-20-17-14-11-8-5-2/h7,10,15-16,18-19,23-26,29-32,36,38,42,44,48,51,70H,4-6,8-9,11-14,17,20-22,27-28,33-35,37,39-41,43,45-47,49-50,52-69H2,1-3H3/b10-7-,18-15-,19-16-,25-23-,26-24-,31-29-,32-30-,38-36-,44-42-,51-48-. The lowest BCUT2D eigenvalue weighted by Crippen LogP contribution is -2.30. The van der Waals surface area contributed by atoms with Crippen LogP contribution in [0, 0.1) is 0 Å². The average molecular weight is 1100 g/mol. The molecule has 0 aliphatic heterocycles. The Bertz CT molecular complexity index is 1640. The lowest BCUT2D eigenvalue weighted by atomic mass is 10.0. The van der Waals surface area contributed by atoms with E-state index in [0.717, 1.165) is 128 Å². The second-order valence-electron chi connectivity index (χ2n) is 21.6. The number of unbranched alkanes of at least 4 members (excludes halogenated alkanes) is 28. The second-order valence-corrected chi connectivity index (χ2v) is 21.6. The highest BCUT2D eigenvalue weighted by Gasteiger charge is 2.19. The van der Waals surface area contributed by atoms with E-state index in [1.807, 2.05) is 0 Å². The lowest BCUT2D eigenvalue weighted by molar-refractivity contribution is -0.167. The number of esters is 3. The number of carbonyl (C=O) groups is 3. The molecule has 0 heterocycles. The third kappa shape index (κ3) is 64.5. The molecule has 0 fully saturated rings. The average Bonchev–Trinajstić information content (AvgIpc) is 3.45. The van der Waals surface area contributed by atoms with Crippen LogP contribution in [0.2, 0.25) is 0 Å². The SMILES string of the molecule is CC/C=C\C/C=C\C/C=C\C/C=C\C/C=C\C/C=C\C/C=C\CCCCCC(=O)OCC(COC(=O)CCCCCCC/C=C\CCCC)OC(=O)CCCCCCCCCCCCCCC/C=C\C/C=C\CCCCCCC. The summed E-state index contributed by atoms with van der Waals surface area (Å²) in [5.41, 5.74) is 0. The molecule has 0 aromatic carbocycles. The van der Waals surface area contributed by atoms with Gasteiger partial charge in [0.2, 0.25) is 0 Å². The molecule has 0 radical (unpaired) electrons. The van der Waals surface area contributed by atoms with E-state index in [-0.39, 0.29) is 31.1 Å². The highest BCUT2D eigenvalue weighted by molar-refractivity contribution is 5.71.